The molecular formula is C16H12N2O4S. The molecule has 0 unspecified atom stereocenters. The van der Waals surface area contributed by atoms with Gasteiger partial charge in [0, 0.05) is 10.8 Å². The first-order chi connectivity index (χ1) is 10.9. The molecule has 0 aromatic heterocycles. The SMILES string of the molecule is O=S(=O)(O)c1cccc(N=Nc2ccc(O)c3ccccc23)c1. The first kappa shape index (κ1) is 15.1. The van der Waals surface area contributed by atoms with Crippen LogP contribution < -0.4 is 0 Å². The Kier molecular flexibility index (Phi) is 3.81. The van der Waals surface area contributed by atoms with Gasteiger partial charge in [0.15, 0.2) is 0 Å². The molecule has 0 aliphatic heterocycles. The molecule has 0 amide bonds. The van der Waals surface area contributed by atoms with Gasteiger partial charge in [-0.15, -0.1) is 5.11 Å². The summed E-state index contributed by atoms with van der Waals surface area (Å²) in [4.78, 5) is -0.246. The van der Waals surface area contributed by atoms with E-state index in [1.54, 1.807) is 30.3 Å². The molecule has 0 saturated carbocycles. The number of aromatic hydroxyl groups is 1. The highest BCUT2D eigenvalue weighted by Crippen LogP contribution is 2.33. The summed E-state index contributed by atoms with van der Waals surface area (Å²) in [7, 11) is -4.28. The Morgan fingerprint density at radius 2 is 1.57 bits per heavy atom. The molecule has 0 atom stereocenters. The zero-order valence-corrected chi connectivity index (χ0v) is 12.6. The summed E-state index contributed by atoms with van der Waals surface area (Å²) in [5.74, 6) is 0.146. The first-order valence-corrected chi connectivity index (χ1v) is 8.09. The molecule has 0 radical (unpaired) electrons. The van der Waals surface area contributed by atoms with E-state index in [2.05, 4.69) is 10.2 Å². The standard InChI is InChI=1S/C16H12N2O4S/c19-16-9-8-15(13-6-1-2-7-14(13)16)18-17-11-4-3-5-12(10-11)23(20,21)22/h1-10,19H,(H,20,21,22). The average molecular weight is 328 g/mol. The number of fused-ring (bicyclic) bond motifs is 1. The van der Waals surface area contributed by atoms with Gasteiger partial charge in [-0.05, 0) is 30.3 Å². The van der Waals surface area contributed by atoms with Crippen molar-refractivity contribution in [3.05, 3.63) is 60.7 Å². The summed E-state index contributed by atoms with van der Waals surface area (Å²) in [6.45, 7) is 0. The van der Waals surface area contributed by atoms with Gasteiger partial charge in [0.25, 0.3) is 10.1 Å². The lowest BCUT2D eigenvalue weighted by Gasteiger charge is -2.03. The highest BCUT2D eigenvalue weighted by molar-refractivity contribution is 7.85. The van der Waals surface area contributed by atoms with Gasteiger partial charge in [-0.25, -0.2) is 0 Å². The molecule has 0 bridgehead atoms. The third-order valence-corrected chi connectivity index (χ3v) is 4.12. The predicted molar refractivity (Wildman–Crippen MR) is 86.0 cm³/mol. The molecule has 2 N–H and O–H groups in total. The topological polar surface area (TPSA) is 99.3 Å². The van der Waals surface area contributed by atoms with E-state index in [9.17, 15) is 13.5 Å². The van der Waals surface area contributed by atoms with Gasteiger partial charge in [0.2, 0.25) is 0 Å². The van der Waals surface area contributed by atoms with Crippen molar-refractivity contribution >= 4 is 32.3 Å². The molecule has 0 aliphatic carbocycles. The van der Waals surface area contributed by atoms with Crippen molar-refractivity contribution in [1.29, 1.82) is 0 Å². The minimum atomic E-state index is -4.28. The van der Waals surface area contributed by atoms with Gasteiger partial charge >= 0.3 is 0 Å². The smallest absolute Gasteiger partial charge is 0.294 e. The normalized spacial score (nSPS) is 12.0. The number of rotatable bonds is 3. The number of nitrogens with zero attached hydrogens (tertiary/aromatic N) is 2. The van der Waals surface area contributed by atoms with Crippen LogP contribution in [0.4, 0.5) is 11.4 Å². The maximum absolute atomic E-state index is 11.1. The Balaban J connectivity index is 2.03. The second kappa shape index (κ2) is 5.79. The quantitative estimate of drug-likeness (QED) is 0.555. The largest absolute Gasteiger partial charge is 0.507 e. The van der Waals surface area contributed by atoms with E-state index in [-0.39, 0.29) is 16.3 Å². The number of azo groups is 1. The Bertz CT molecular complexity index is 1010. The molecular weight excluding hydrogens is 316 g/mol. The molecule has 0 saturated heterocycles. The summed E-state index contributed by atoms with van der Waals surface area (Å²) in [6, 6.07) is 15.9. The van der Waals surface area contributed by atoms with Crippen LogP contribution in [-0.4, -0.2) is 18.1 Å². The van der Waals surface area contributed by atoms with Crippen molar-refractivity contribution < 1.29 is 18.1 Å². The number of benzene rings is 3. The third kappa shape index (κ3) is 3.20. The van der Waals surface area contributed by atoms with Crippen LogP contribution in [0.15, 0.2) is 75.8 Å². The Morgan fingerprint density at radius 1 is 0.826 bits per heavy atom. The molecule has 116 valence electrons. The molecule has 3 aromatic carbocycles. The first-order valence-electron chi connectivity index (χ1n) is 6.65. The molecule has 7 heteroatoms. The molecule has 3 rings (SSSR count). The fraction of sp³-hybridized carbons (Fsp3) is 0. The second-order valence-electron chi connectivity index (χ2n) is 4.82. The van der Waals surface area contributed by atoms with Crippen molar-refractivity contribution in [3.63, 3.8) is 0 Å². The van der Waals surface area contributed by atoms with Crippen LogP contribution in [0, 0.1) is 0 Å². The van der Waals surface area contributed by atoms with Crippen molar-refractivity contribution in [3.8, 4) is 5.75 Å². The Morgan fingerprint density at radius 3 is 2.30 bits per heavy atom. The van der Waals surface area contributed by atoms with Crippen LogP contribution in [0.1, 0.15) is 0 Å². The van der Waals surface area contributed by atoms with Gasteiger partial charge in [0.05, 0.1) is 16.3 Å². The maximum Gasteiger partial charge on any atom is 0.294 e. The molecule has 3 aromatic rings. The highest BCUT2D eigenvalue weighted by atomic mass is 32.2. The molecule has 0 spiro atoms. The van der Waals surface area contributed by atoms with Crippen LogP contribution in [0.2, 0.25) is 0 Å². The molecule has 0 heterocycles. The van der Waals surface area contributed by atoms with Crippen LogP contribution >= 0.6 is 0 Å². The minimum Gasteiger partial charge on any atom is -0.507 e. The zero-order chi connectivity index (χ0) is 16.4. The summed E-state index contributed by atoms with van der Waals surface area (Å²) >= 11 is 0. The summed E-state index contributed by atoms with van der Waals surface area (Å²) < 4.78 is 31.3. The number of phenolic OH excluding ortho intramolecular Hbond substituents is 1. The summed E-state index contributed by atoms with van der Waals surface area (Å²) in [5.41, 5.74) is 0.827. The number of phenols is 1. The van der Waals surface area contributed by atoms with E-state index >= 15 is 0 Å². The van der Waals surface area contributed by atoms with Gasteiger partial charge in [-0.1, -0.05) is 30.3 Å². The molecule has 23 heavy (non-hydrogen) atoms. The van der Waals surface area contributed by atoms with Crippen LogP contribution in [-0.2, 0) is 10.1 Å². The maximum atomic E-state index is 11.1. The summed E-state index contributed by atoms with van der Waals surface area (Å²) in [5, 5.41) is 19.3. The monoisotopic (exact) mass is 328 g/mol. The lowest BCUT2D eigenvalue weighted by molar-refractivity contribution is 0.481. The Hall–Kier alpha value is -2.77. The van der Waals surface area contributed by atoms with E-state index < -0.39 is 10.1 Å². The molecule has 0 fully saturated rings. The van der Waals surface area contributed by atoms with Crippen LogP contribution in [0.3, 0.4) is 0 Å². The van der Waals surface area contributed by atoms with Crippen molar-refractivity contribution in [2.24, 2.45) is 10.2 Å². The van der Waals surface area contributed by atoms with Gasteiger partial charge in [-0.3, -0.25) is 4.55 Å². The molecule has 6 nitrogen and oxygen atoms in total. The van der Waals surface area contributed by atoms with E-state index in [4.69, 9.17) is 4.55 Å². The lowest BCUT2D eigenvalue weighted by Crippen LogP contribution is -1.96. The van der Waals surface area contributed by atoms with E-state index in [1.165, 1.54) is 24.3 Å². The van der Waals surface area contributed by atoms with Gasteiger partial charge < -0.3 is 5.11 Å². The van der Waals surface area contributed by atoms with Crippen molar-refractivity contribution in [1.82, 2.24) is 0 Å². The van der Waals surface area contributed by atoms with E-state index in [0.29, 0.717) is 11.1 Å². The Labute approximate surface area is 132 Å². The van der Waals surface area contributed by atoms with Crippen LogP contribution in [0.25, 0.3) is 10.8 Å². The van der Waals surface area contributed by atoms with E-state index in [1.807, 2.05) is 6.07 Å². The molecule has 0 aliphatic rings. The van der Waals surface area contributed by atoms with Crippen molar-refractivity contribution in [2.45, 2.75) is 4.90 Å². The van der Waals surface area contributed by atoms with E-state index in [0.717, 1.165) is 5.39 Å². The fourth-order valence-electron chi connectivity index (χ4n) is 2.17. The fourth-order valence-corrected chi connectivity index (χ4v) is 2.69. The highest BCUT2D eigenvalue weighted by Gasteiger charge is 2.09. The minimum absolute atomic E-state index is 0.146. The average Bonchev–Trinajstić information content (AvgIpc) is 2.54. The van der Waals surface area contributed by atoms with Gasteiger partial charge in [-0.2, -0.15) is 13.5 Å². The van der Waals surface area contributed by atoms with Gasteiger partial charge in [0.1, 0.15) is 5.75 Å². The number of hydrogen-bond donors (Lipinski definition) is 2. The predicted octanol–water partition coefficient (Wildman–Crippen LogP) is 4.21. The third-order valence-electron chi connectivity index (χ3n) is 3.27. The summed E-state index contributed by atoms with van der Waals surface area (Å²) in [6.07, 6.45) is 0. The lowest BCUT2D eigenvalue weighted by atomic mass is 10.1. The van der Waals surface area contributed by atoms with Crippen LogP contribution in [0.5, 0.6) is 5.75 Å². The van der Waals surface area contributed by atoms with Crippen molar-refractivity contribution in [2.75, 3.05) is 0 Å². The number of hydrogen-bond acceptors (Lipinski definition) is 5. The second-order valence-corrected chi connectivity index (χ2v) is 6.24. The zero-order valence-electron chi connectivity index (χ0n) is 11.8.